The molecular weight excluding hydrogens is 636 g/mol. The number of rotatable bonds is 11. The van der Waals surface area contributed by atoms with E-state index in [0.717, 1.165) is 84.5 Å². The van der Waals surface area contributed by atoms with E-state index in [1.165, 1.54) is 44.9 Å². The van der Waals surface area contributed by atoms with E-state index in [4.69, 9.17) is 18.9 Å². The van der Waals surface area contributed by atoms with E-state index in [0.29, 0.717) is 23.3 Å². The normalized spacial score (nSPS) is 25.5. The average molecular weight is 705 g/mol. The third kappa shape index (κ3) is 8.99. The predicted octanol–water partition coefficient (Wildman–Crippen LogP) is 11.0. The summed E-state index contributed by atoms with van der Waals surface area (Å²) in [4.78, 5) is 0. The fourth-order valence-corrected chi connectivity index (χ4v) is 8.42. The van der Waals surface area contributed by atoms with Crippen LogP contribution >= 0.6 is 0 Å². The fourth-order valence-electron chi connectivity index (χ4n) is 8.42. The van der Waals surface area contributed by atoms with E-state index in [-0.39, 0.29) is 21.7 Å². The lowest BCUT2D eigenvalue weighted by Gasteiger charge is -2.37. The summed E-state index contributed by atoms with van der Waals surface area (Å²) in [7, 11) is 0. The van der Waals surface area contributed by atoms with Gasteiger partial charge in [0.05, 0.1) is 26.4 Å². The molecule has 2 saturated heterocycles. The van der Waals surface area contributed by atoms with Crippen LogP contribution in [0.4, 0.5) is 0 Å². The molecular formula is C45H68O6. The molecule has 0 aromatic heterocycles. The molecule has 0 bridgehead atoms. The molecule has 2 aliphatic carbocycles. The summed E-state index contributed by atoms with van der Waals surface area (Å²) in [6.07, 6.45) is 9.85. The second-order valence-corrected chi connectivity index (χ2v) is 20.1. The number of benzene rings is 2. The second kappa shape index (κ2) is 14.6. The number of phenols is 2. The molecule has 0 radical (unpaired) electrons. The molecule has 284 valence electrons. The highest BCUT2D eigenvalue weighted by molar-refractivity contribution is 5.52. The van der Waals surface area contributed by atoms with Gasteiger partial charge in [0.2, 0.25) is 0 Å². The zero-order valence-corrected chi connectivity index (χ0v) is 33.5. The highest BCUT2D eigenvalue weighted by Crippen LogP contribution is 2.48. The van der Waals surface area contributed by atoms with Crippen molar-refractivity contribution in [3.63, 3.8) is 0 Å². The maximum absolute atomic E-state index is 11.9. The molecule has 6 nitrogen and oxygen atoms in total. The van der Waals surface area contributed by atoms with Gasteiger partial charge in [-0.05, 0) is 94.6 Å². The Hall–Kier alpha value is -2.12. The summed E-state index contributed by atoms with van der Waals surface area (Å²) < 4.78 is 25.4. The zero-order valence-electron chi connectivity index (χ0n) is 33.5. The van der Waals surface area contributed by atoms with Gasteiger partial charge < -0.3 is 29.2 Å². The molecule has 2 aromatic carbocycles. The number of ether oxygens (including phenoxy) is 4. The lowest BCUT2D eigenvalue weighted by atomic mass is 9.70. The van der Waals surface area contributed by atoms with E-state index < -0.39 is 12.6 Å². The number of aromatic hydroxyl groups is 2. The Bertz CT molecular complexity index is 1500. The third-order valence-electron chi connectivity index (χ3n) is 12.4. The predicted molar refractivity (Wildman–Crippen MR) is 204 cm³/mol. The number of hydrogen-bond acceptors (Lipinski definition) is 6. The van der Waals surface area contributed by atoms with Gasteiger partial charge in [-0.25, -0.2) is 0 Å². The smallest absolute Gasteiger partial charge is 0.183 e. The van der Waals surface area contributed by atoms with Gasteiger partial charge in [-0.1, -0.05) is 101 Å². The van der Waals surface area contributed by atoms with Crippen molar-refractivity contribution < 1.29 is 29.2 Å². The standard InChI is InChI=1S/C45H68O6/c1-42(2,3)34-20-32(40-48-24-30(25-49-40)18-28-12-11-13-28)22-36(38(34)46)44(7,8)16-17-45(9,10)37-23-33(21-35(39(37)47)43(4,5)6)41-50-26-31(27-51-41)19-29-14-15-29/h20-23,28-31,40-41,46-47H,11-19,24-27H2,1-10H3. The lowest BCUT2D eigenvalue weighted by molar-refractivity contribution is -0.208. The molecule has 2 aliphatic heterocycles. The van der Waals surface area contributed by atoms with E-state index in [1.807, 2.05) is 0 Å². The van der Waals surface area contributed by atoms with Crippen molar-refractivity contribution in [1.29, 1.82) is 0 Å². The molecule has 2 aromatic rings. The summed E-state index contributed by atoms with van der Waals surface area (Å²) >= 11 is 0. The molecule has 0 unspecified atom stereocenters. The number of hydrogen-bond donors (Lipinski definition) is 2. The van der Waals surface area contributed by atoms with Crippen molar-refractivity contribution in [2.45, 2.75) is 161 Å². The van der Waals surface area contributed by atoms with E-state index in [1.54, 1.807) is 0 Å². The summed E-state index contributed by atoms with van der Waals surface area (Å²) in [5, 5.41) is 23.7. The highest BCUT2D eigenvalue weighted by Gasteiger charge is 2.37. The topological polar surface area (TPSA) is 77.4 Å². The van der Waals surface area contributed by atoms with Crippen molar-refractivity contribution in [3.8, 4) is 11.5 Å². The van der Waals surface area contributed by atoms with Gasteiger partial charge in [0.1, 0.15) is 11.5 Å². The van der Waals surface area contributed by atoms with Crippen LogP contribution in [0, 0.1) is 23.7 Å². The van der Waals surface area contributed by atoms with Gasteiger partial charge in [0, 0.05) is 34.1 Å². The number of phenolic OH excluding ortho intramolecular Hbond substituents is 2. The maximum atomic E-state index is 11.9. The van der Waals surface area contributed by atoms with Crippen LogP contribution < -0.4 is 0 Å². The van der Waals surface area contributed by atoms with Crippen LogP contribution in [0.2, 0.25) is 0 Å². The van der Waals surface area contributed by atoms with Crippen molar-refractivity contribution in [2.24, 2.45) is 23.7 Å². The van der Waals surface area contributed by atoms with Crippen molar-refractivity contribution in [1.82, 2.24) is 0 Å². The Morgan fingerprint density at radius 1 is 0.490 bits per heavy atom. The largest absolute Gasteiger partial charge is 0.507 e. The average Bonchev–Trinajstić information content (AvgIpc) is 3.86. The minimum absolute atomic E-state index is 0.260. The summed E-state index contributed by atoms with van der Waals surface area (Å²) in [5.74, 6) is 3.32. The van der Waals surface area contributed by atoms with Crippen LogP contribution in [0.25, 0.3) is 0 Å². The van der Waals surface area contributed by atoms with Gasteiger partial charge >= 0.3 is 0 Å². The molecule has 2 N–H and O–H groups in total. The van der Waals surface area contributed by atoms with Gasteiger partial charge in [-0.2, -0.15) is 0 Å². The first kappa shape index (κ1) is 38.6. The highest BCUT2D eigenvalue weighted by atomic mass is 16.7. The minimum Gasteiger partial charge on any atom is -0.507 e. The molecule has 6 heteroatoms. The van der Waals surface area contributed by atoms with Gasteiger partial charge in [-0.15, -0.1) is 0 Å². The zero-order chi connectivity index (χ0) is 36.9. The molecule has 0 spiro atoms. The third-order valence-corrected chi connectivity index (χ3v) is 12.4. The van der Waals surface area contributed by atoms with Gasteiger partial charge in [0.25, 0.3) is 0 Å². The lowest BCUT2D eigenvalue weighted by Crippen LogP contribution is -2.31. The van der Waals surface area contributed by atoms with Crippen LogP contribution in [0.5, 0.6) is 11.5 Å². The Kier molecular flexibility index (Phi) is 11.1. The van der Waals surface area contributed by atoms with Crippen molar-refractivity contribution in [2.75, 3.05) is 26.4 Å². The van der Waals surface area contributed by atoms with Gasteiger partial charge in [-0.3, -0.25) is 0 Å². The first-order valence-corrected chi connectivity index (χ1v) is 20.0. The van der Waals surface area contributed by atoms with Crippen molar-refractivity contribution in [3.05, 3.63) is 57.6 Å². The van der Waals surface area contributed by atoms with E-state index in [2.05, 4.69) is 93.5 Å². The van der Waals surface area contributed by atoms with Crippen molar-refractivity contribution >= 4 is 0 Å². The second-order valence-electron chi connectivity index (χ2n) is 20.1. The fraction of sp³-hybridized carbons (Fsp3) is 0.733. The molecule has 2 heterocycles. The summed E-state index contributed by atoms with van der Waals surface area (Å²) in [6, 6.07) is 8.43. The molecule has 0 amide bonds. The quantitative estimate of drug-likeness (QED) is 0.242. The van der Waals surface area contributed by atoms with Crippen LogP contribution in [-0.2, 0) is 40.6 Å². The van der Waals surface area contributed by atoms with E-state index in [9.17, 15) is 10.2 Å². The summed E-state index contributed by atoms with van der Waals surface area (Å²) in [5.41, 5.74) is 4.37. The first-order chi connectivity index (χ1) is 23.8. The maximum Gasteiger partial charge on any atom is 0.183 e. The van der Waals surface area contributed by atoms with Crippen LogP contribution in [0.15, 0.2) is 24.3 Å². The monoisotopic (exact) mass is 705 g/mol. The molecule has 2 saturated carbocycles. The molecule has 6 rings (SSSR count). The first-order valence-electron chi connectivity index (χ1n) is 20.0. The van der Waals surface area contributed by atoms with Gasteiger partial charge in [0.15, 0.2) is 12.6 Å². The Morgan fingerprint density at radius 3 is 1.12 bits per heavy atom. The SMILES string of the molecule is CC(C)(C)c1cc(C2OCC(CC3CCC3)CO2)cc(C(C)(C)CCC(C)(C)c2cc(C3OCC(CC4CC4)CO3)cc(C(C)(C)C)c2O)c1O. The molecule has 4 fully saturated rings. The van der Waals surface area contributed by atoms with Crippen LogP contribution in [0.1, 0.15) is 173 Å². The molecule has 51 heavy (non-hydrogen) atoms. The Balaban J connectivity index is 1.23. The molecule has 4 aliphatic rings. The Labute approximate surface area is 309 Å². The summed E-state index contributed by atoms with van der Waals surface area (Å²) in [6.45, 7) is 24.7. The Morgan fingerprint density at radius 2 is 0.824 bits per heavy atom. The van der Waals surface area contributed by atoms with E-state index >= 15 is 0 Å². The van der Waals surface area contributed by atoms with Crippen LogP contribution in [-0.4, -0.2) is 36.6 Å². The minimum atomic E-state index is -0.431. The molecule has 0 atom stereocenters. The van der Waals surface area contributed by atoms with Crippen LogP contribution in [0.3, 0.4) is 0 Å².